The summed E-state index contributed by atoms with van der Waals surface area (Å²) in [6, 6.07) is 15.9. The zero-order valence-corrected chi connectivity index (χ0v) is 21.7. The van der Waals surface area contributed by atoms with E-state index in [1.807, 2.05) is 59.8 Å². The molecule has 0 aliphatic carbocycles. The molecule has 2 aromatic heterocycles. The summed E-state index contributed by atoms with van der Waals surface area (Å²) in [7, 11) is 0. The van der Waals surface area contributed by atoms with Crippen molar-refractivity contribution in [2.45, 2.75) is 32.9 Å². The lowest BCUT2D eigenvalue weighted by molar-refractivity contribution is -0.138. The Balaban J connectivity index is 1.48. The van der Waals surface area contributed by atoms with Gasteiger partial charge in [0.15, 0.2) is 0 Å². The fraction of sp³-hybridized carbons (Fsp3) is 0.429. The Labute approximate surface area is 218 Å². The number of hydrogen-bond acceptors (Lipinski definition) is 6. The van der Waals surface area contributed by atoms with Crippen molar-refractivity contribution >= 4 is 11.8 Å². The fourth-order valence-corrected chi connectivity index (χ4v) is 4.64. The quantitative estimate of drug-likeness (QED) is 0.399. The minimum absolute atomic E-state index is 0.00906. The first kappa shape index (κ1) is 26.5. The van der Waals surface area contributed by atoms with Gasteiger partial charge in [0.25, 0.3) is 0 Å². The van der Waals surface area contributed by atoms with E-state index in [0.717, 1.165) is 12.1 Å². The number of hydrogen-bond donors (Lipinski definition) is 0. The number of benzene rings is 1. The van der Waals surface area contributed by atoms with Gasteiger partial charge in [-0.25, -0.2) is 9.97 Å². The molecule has 1 aliphatic rings. The van der Waals surface area contributed by atoms with Crippen LogP contribution in [0.5, 0.6) is 0 Å². The van der Waals surface area contributed by atoms with Gasteiger partial charge >= 0.3 is 0 Å². The summed E-state index contributed by atoms with van der Waals surface area (Å²) in [6.45, 7) is 7.65. The molecule has 1 aromatic carbocycles. The summed E-state index contributed by atoms with van der Waals surface area (Å²) in [6.07, 6.45) is 5.84. The summed E-state index contributed by atoms with van der Waals surface area (Å²) < 4.78 is 8.08. The Bertz CT molecular complexity index is 1130. The molecule has 0 spiro atoms. The van der Waals surface area contributed by atoms with E-state index in [0.29, 0.717) is 45.2 Å². The van der Waals surface area contributed by atoms with Crippen molar-refractivity contribution in [3.8, 4) is 5.95 Å². The first-order valence-electron chi connectivity index (χ1n) is 12.9. The maximum Gasteiger partial charge on any atom is 0.248 e. The van der Waals surface area contributed by atoms with Crippen molar-refractivity contribution in [2.75, 3.05) is 45.9 Å². The van der Waals surface area contributed by atoms with Crippen LogP contribution in [0.15, 0.2) is 67.1 Å². The molecule has 1 fully saturated rings. The van der Waals surface area contributed by atoms with Crippen LogP contribution in [0.4, 0.5) is 0 Å². The molecule has 4 rings (SSSR count). The second kappa shape index (κ2) is 13.1. The molecular formula is C28H36N6O3. The van der Waals surface area contributed by atoms with Gasteiger partial charge < -0.3 is 14.5 Å². The van der Waals surface area contributed by atoms with Crippen LogP contribution in [0.2, 0.25) is 0 Å². The lowest BCUT2D eigenvalue weighted by atomic mass is 10.1. The van der Waals surface area contributed by atoms with Gasteiger partial charge in [-0.3, -0.25) is 19.1 Å². The van der Waals surface area contributed by atoms with Crippen molar-refractivity contribution in [3.05, 3.63) is 78.4 Å². The summed E-state index contributed by atoms with van der Waals surface area (Å²) in [5.41, 5.74) is 2.17. The number of likely N-dealkylation sites (N-methyl/N-ethyl adjacent to an activating group) is 1. The third-order valence-corrected chi connectivity index (χ3v) is 6.66. The molecule has 2 amide bonds. The van der Waals surface area contributed by atoms with E-state index >= 15 is 0 Å². The predicted octanol–water partition coefficient (Wildman–Crippen LogP) is 2.41. The van der Waals surface area contributed by atoms with Gasteiger partial charge in [0, 0.05) is 63.6 Å². The highest BCUT2D eigenvalue weighted by Crippen LogP contribution is 2.16. The highest BCUT2D eigenvalue weighted by Gasteiger charge is 2.29. The van der Waals surface area contributed by atoms with Crippen LogP contribution >= 0.6 is 0 Å². The molecule has 0 bridgehead atoms. The van der Waals surface area contributed by atoms with Gasteiger partial charge in [0.05, 0.1) is 12.6 Å². The lowest BCUT2D eigenvalue weighted by Crippen LogP contribution is -2.41. The van der Waals surface area contributed by atoms with Gasteiger partial charge in [-0.05, 0) is 44.0 Å². The molecule has 0 radical (unpaired) electrons. The number of aromatic nitrogens is 3. The van der Waals surface area contributed by atoms with Crippen molar-refractivity contribution in [3.63, 3.8) is 0 Å². The number of ether oxygens (including phenoxy) is 1. The zero-order valence-electron chi connectivity index (χ0n) is 21.7. The second-order valence-electron chi connectivity index (χ2n) is 9.16. The Morgan fingerprint density at radius 1 is 1.03 bits per heavy atom. The van der Waals surface area contributed by atoms with E-state index in [-0.39, 0.29) is 31.1 Å². The molecule has 37 heavy (non-hydrogen) atoms. The summed E-state index contributed by atoms with van der Waals surface area (Å²) in [5.74, 6) is 0.620. The largest absolute Gasteiger partial charge is 0.365 e. The van der Waals surface area contributed by atoms with E-state index in [4.69, 9.17) is 4.74 Å². The Kier molecular flexibility index (Phi) is 9.40. The lowest BCUT2D eigenvalue weighted by Gasteiger charge is -2.26. The van der Waals surface area contributed by atoms with Crippen molar-refractivity contribution in [1.29, 1.82) is 0 Å². The molecule has 1 saturated heterocycles. The molecule has 196 valence electrons. The number of nitrogens with zero attached hydrogens (tertiary/aromatic N) is 6. The minimum atomic E-state index is -0.280. The molecule has 3 heterocycles. The van der Waals surface area contributed by atoms with Gasteiger partial charge in [-0.2, -0.15) is 0 Å². The van der Waals surface area contributed by atoms with E-state index in [2.05, 4.69) is 27.0 Å². The monoisotopic (exact) mass is 504 g/mol. The SMILES string of the molecule is CCN(CC)C(=O)CO[C@H]1CN(Cc2cccn2-c2ncccn2)CC(=O)N(CCc2ccccc2)C1. The van der Waals surface area contributed by atoms with Gasteiger partial charge in [-0.15, -0.1) is 0 Å². The normalized spacial score (nSPS) is 16.5. The fourth-order valence-electron chi connectivity index (χ4n) is 4.64. The van der Waals surface area contributed by atoms with Crippen LogP contribution in [-0.4, -0.2) is 93.0 Å². The molecule has 9 nitrogen and oxygen atoms in total. The Morgan fingerprint density at radius 2 is 1.78 bits per heavy atom. The molecule has 0 N–H and O–H groups in total. The Hall–Kier alpha value is -3.56. The molecule has 1 atom stereocenters. The molecule has 0 unspecified atom stereocenters. The maximum atomic E-state index is 13.3. The van der Waals surface area contributed by atoms with E-state index in [9.17, 15) is 9.59 Å². The van der Waals surface area contributed by atoms with Crippen molar-refractivity contribution in [2.24, 2.45) is 0 Å². The minimum Gasteiger partial charge on any atom is -0.365 e. The molecular weight excluding hydrogens is 468 g/mol. The summed E-state index contributed by atoms with van der Waals surface area (Å²) in [5, 5.41) is 0. The van der Waals surface area contributed by atoms with Crippen molar-refractivity contribution < 1.29 is 14.3 Å². The van der Waals surface area contributed by atoms with Crippen LogP contribution in [0, 0.1) is 0 Å². The van der Waals surface area contributed by atoms with Crippen LogP contribution in [0.3, 0.4) is 0 Å². The predicted molar refractivity (Wildman–Crippen MR) is 141 cm³/mol. The highest BCUT2D eigenvalue weighted by atomic mass is 16.5. The number of carbonyl (C=O) groups excluding carboxylic acids is 2. The number of carbonyl (C=O) groups is 2. The summed E-state index contributed by atoms with van der Waals surface area (Å²) in [4.78, 5) is 40.4. The van der Waals surface area contributed by atoms with Gasteiger partial charge in [0.2, 0.25) is 17.8 Å². The molecule has 9 heteroatoms. The van der Waals surface area contributed by atoms with Crippen LogP contribution < -0.4 is 0 Å². The smallest absolute Gasteiger partial charge is 0.248 e. The van der Waals surface area contributed by atoms with E-state index in [1.54, 1.807) is 23.4 Å². The number of rotatable bonds is 11. The first-order valence-corrected chi connectivity index (χ1v) is 12.9. The summed E-state index contributed by atoms with van der Waals surface area (Å²) >= 11 is 0. The van der Waals surface area contributed by atoms with E-state index in [1.165, 1.54) is 5.56 Å². The van der Waals surface area contributed by atoms with Crippen LogP contribution in [-0.2, 0) is 27.3 Å². The average molecular weight is 505 g/mol. The van der Waals surface area contributed by atoms with Gasteiger partial charge in [0.1, 0.15) is 6.61 Å². The van der Waals surface area contributed by atoms with Crippen molar-refractivity contribution in [1.82, 2.24) is 29.2 Å². The molecule has 0 saturated carbocycles. The van der Waals surface area contributed by atoms with Crippen LogP contribution in [0.1, 0.15) is 25.1 Å². The Morgan fingerprint density at radius 3 is 2.51 bits per heavy atom. The topological polar surface area (TPSA) is 83.8 Å². The van der Waals surface area contributed by atoms with Crippen LogP contribution in [0.25, 0.3) is 5.95 Å². The third-order valence-electron chi connectivity index (χ3n) is 6.66. The zero-order chi connectivity index (χ0) is 26.0. The highest BCUT2D eigenvalue weighted by molar-refractivity contribution is 5.79. The molecule has 3 aromatic rings. The third kappa shape index (κ3) is 7.24. The van der Waals surface area contributed by atoms with Gasteiger partial charge in [-0.1, -0.05) is 30.3 Å². The average Bonchev–Trinajstić information content (AvgIpc) is 3.32. The molecule has 1 aliphatic heterocycles. The van der Waals surface area contributed by atoms with E-state index < -0.39 is 0 Å². The maximum absolute atomic E-state index is 13.3. The number of amides is 2. The standard InChI is InChI=1S/C28H36N6O3/c1-3-32(4-2)27(36)22-37-25-19-31(18-24-12-8-16-34(24)28-29-14-9-15-30-28)21-26(35)33(20-25)17-13-23-10-6-5-7-11-23/h5-12,14-16,25H,3-4,13,17-22H2,1-2H3/t25-/m0/s1. The first-order chi connectivity index (χ1) is 18.1. The second-order valence-corrected chi connectivity index (χ2v) is 9.16.